The lowest BCUT2D eigenvalue weighted by Crippen LogP contribution is -2.34. The summed E-state index contributed by atoms with van der Waals surface area (Å²) in [4.78, 5) is 16.4. The van der Waals surface area contributed by atoms with Crippen LogP contribution in [-0.2, 0) is 12.8 Å². The summed E-state index contributed by atoms with van der Waals surface area (Å²) in [5.41, 5.74) is 3.40. The molecular weight excluding hydrogens is 302 g/mol. The van der Waals surface area contributed by atoms with E-state index >= 15 is 0 Å². The van der Waals surface area contributed by atoms with E-state index in [4.69, 9.17) is 5.26 Å². The number of carboxylic acid groups (broad SMARTS) is 1. The van der Waals surface area contributed by atoms with Crippen LogP contribution in [0.4, 0.5) is 4.79 Å². The molecule has 1 saturated heterocycles. The number of rotatable bonds is 5. The predicted molar refractivity (Wildman–Crippen MR) is 92.9 cm³/mol. The molecule has 2 aromatic rings. The fourth-order valence-corrected chi connectivity index (χ4v) is 3.71. The van der Waals surface area contributed by atoms with E-state index in [0.717, 1.165) is 36.9 Å². The Kier molecular flexibility index (Phi) is 4.75. The lowest BCUT2D eigenvalue weighted by Gasteiger charge is -2.20. The Labute approximate surface area is 141 Å². The van der Waals surface area contributed by atoms with Crippen LogP contribution in [0.25, 0.3) is 10.9 Å². The number of amides is 1. The second kappa shape index (κ2) is 6.96. The summed E-state index contributed by atoms with van der Waals surface area (Å²) >= 11 is 0. The van der Waals surface area contributed by atoms with Crippen LogP contribution >= 0.6 is 0 Å². The number of aryl methyl sites for hydroxylation is 2. The molecule has 0 radical (unpaired) electrons. The Bertz CT molecular complexity index is 775. The minimum absolute atomic E-state index is 0.120. The number of benzene rings is 1. The van der Waals surface area contributed by atoms with Crippen LogP contribution in [0.1, 0.15) is 37.4 Å². The first-order chi connectivity index (χ1) is 11.6. The number of aromatic amines is 1. The third-order valence-corrected chi connectivity index (χ3v) is 4.88. The third-order valence-electron chi connectivity index (χ3n) is 4.88. The van der Waals surface area contributed by atoms with E-state index in [2.05, 4.69) is 42.2 Å². The maximum Gasteiger partial charge on any atom is 0.407 e. The molecule has 2 unspecified atom stereocenters. The fourth-order valence-electron chi connectivity index (χ4n) is 3.71. The average Bonchev–Trinajstić information content (AvgIpc) is 3.13. The van der Waals surface area contributed by atoms with E-state index in [9.17, 15) is 9.90 Å². The minimum Gasteiger partial charge on any atom is -0.465 e. The Morgan fingerprint density at radius 2 is 2.25 bits per heavy atom. The van der Waals surface area contributed by atoms with E-state index < -0.39 is 6.09 Å². The van der Waals surface area contributed by atoms with Gasteiger partial charge in [-0.1, -0.05) is 19.1 Å². The first-order valence-electron chi connectivity index (χ1n) is 8.54. The highest BCUT2D eigenvalue weighted by molar-refractivity contribution is 5.81. The van der Waals surface area contributed by atoms with Crippen molar-refractivity contribution in [1.82, 2.24) is 9.88 Å². The van der Waals surface area contributed by atoms with Crippen LogP contribution in [0, 0.1) is 17.2 Å². The van der Waals surface area contributed by atoms with Gasteiger partial charge in [0, 0.05) is 30.2 Å². The number of carbonyl (C=O) groups is 1. The Morgan fingerprint density at radius 1 is 1.42 bits per heavy atom. The number of hydrogen-bond acceptors (Lipinski definition) is 2. The fraction of sp³-hybridized carbons (Fsp3) is 0.474. The molecule has 1 aromatic carbocycles. The van der Waals surface area contributed by atoms with Crippen molar-refractivity contribution in [3.8, 4) is 6.07 Å². The zero-order valence-electron chi connectivity index (χ0n) is 14.0. The molecule has 5 heteroatoms. The smallest absolute Gasteiger partial charge is 0.407 e. The van der Waals surface area contributed by atoms with Gasteiger partial charge in [0.05, 0.1) is 6.07 Å². The van der Waals surface area contributed by atoms with Gasteiger partial charge in [0.2, 0.25) is 0 Å². The number of aromatic nitrogens is 1. The number of likely N-dealkylation sites (tertiary alicyclic amines) is 1. The standard InChI is InChI=1S/C19H23N3O2/c1-13-9-17(22(12-13)19(23)24)7-6-16-11-15-5-4-14(3-2-8-20)10-18(15)21-16/h4-5,10-11,13,17,21H,2-3,6-7,9,12H2,1H3,(H,23,24). The lowest BCUT2D eigenvalue weighted by atomic mass is 10.0. The minimum atomic E-state index is -0.803. The molecule has 24 heavy (non-hydrogen) atoms. The monoisotopic (exact) mass is 325 g/mol. The number of fused-ring (bicyclic) bond motifs is 1. The van der Waals surface area contributed by atoms with Crippen LogP contribution in [0.2, 0.25) is 0 Å². The summed E-state index contributed by atoms with van der Waals surface area (Å²) < 4.78 is 0. The van der Waals surface area contributed by atoms with Crippen molar-refractivity contribution in [3.63, 3.8) is 0 Å². The van der Waals surface area contributed by atoms with Gasteiger partial charge in [-0.05, 0) is 54.7 Å². The lowest BCUT2D eigenvalue weighted by molar-refractivity contribution is 0.137. The first kappa shape index (κ1) is 16.4. The van der Waals surface area contributed by atoms with Crippen molar-refractivity contribution in [2.75, 3.05) is 6.54 Å². The summed E-state index contributed by atoms with van der Waals surface area (Å²) in [5, 5.41) is 19.2. The molecule has 1 aliphatic rings. The quantitative estimate of drug-likeness (QED) is 0.873. The molecule has 0 aliphatic carbocycles. The zero-order chi connectivity index (χ0) is 17.1. The number of nitrogens with one attached hydrogen (secondary N) is 1. The van der Waals surface area contributed by atoms with Crippen molar-refractivity contribution < 1.29 is 9.90 Å². The highest BCUT2D eigenvalue weighted by atomic mass is 16.4. The van der Waals surface area contributed by atoms with Gasteiger partial charge in [0.1, 0.15) is 0 Å². The molecule has 126 valence electrons. The molecular formula is C19H23N3O2. The number of hydrogen-bond donors (Lipinski definition) is 2. The topological polar surface area (TPSA) is 80.1 Å². The molecule has 1 amide bonds. The summed E-state index contributed by atoms with van der Waals surface area (Å²) in [6, 6.07) is 10.7. The maximum atomic E-state index is 11.3. The SMILES string of the molecule is CC1CC(CCc2cc3ccc(CCC#N)cc3[nH]2)N(C(=O)O)C1. The van der Waals surface area contributed by atoms with E-state index in [1.54, 1.807) is 4.90 Å². The van der Waals surface area contributed by atoms with Crippen LogP contribution < -0.4 is 0 Å². The largest absolute Gasteiger partial charge is 0.465 e. The summed E-state index contributed by atoms with van der Waals surface area (Å²) in [6.45, 7) is 2.76. The number of H-pyrrole nitrogens is 1. The molecule has 0 bridgehead atoms. The van der Waals surface area contributed by atoms with Gasteiger partial charge in [-0.25, -0.2) is 4.79 Å². The number of nitriles is 1. The maximum absolute atomic E-state index is 11.3. The predicted octanol–water partition coefficient (Wildman–Crippen LogP) is 3.95. The van der Waals surface area contributed by atoms with E-state index in [1.165, 1.54) is 10.9 Å². The van der Waals surface area contributed by atoms with E-state index in [-0.39, 0.29) is 6.04 Å². The second-order valence-corrected chi connectivity index (χ2v) is 6.84. The van der Waals surface area contributed by atoms with Crippen LogP contribution in [0.5, 0.6) is 0 Å². The molecule has 0 spiro atoms. The Hall–Kier alpha value is -2.48. The molecule has 1 aromatic heterocycles. The Balaban J connectivity index is 1.67. The van der Waals surface area contributed by atoms with E-state index in [1.807, 2.05) is 0 Å². The molecule has 2 atom stereocenters. The molecule has 2 N–H and O–H groups in total. The molecule has 2 heterocycles. The first-order valence-corrected chi connectivity index (χ1v) is 8.54. The second-order valence-electron chi connectivity index (χ2n) is 6.84. The summed E-state index contributed by atoms with van der Waals surface area (Å²) in [7, 11) is 0. The van der Waals surface area contributed by atoms with Crippen molar-refractivity contribution in [3.05, 3.63) is 35.5 Å². The van der Waals surface area contributed by atoms with Crippen LogP contribution in [-0.4, -0.2) is 33.7 Å². The van der Waals surface area contributed by atoms with Gasteiger partial charge >= 0.3 is 6.09 Å². The summed E-state index contributed by atoms with van der Waals surface area (Å²) in [5.74, 6) is 0.441. The molecule has 5 nitrogen and oxygen atoms in total. The van der Waals surface area contributed by atoms with Crippen molar-refractivity contribution in [2.45, 2.75) is 45.1 Å². The van der Waals surface area contributed by atoms with Gasteiger partial charge in [0.15, 0.2) is 0 Å². The van der Waals surface area contributed by atoms with Gasteiger partial charge in [-0.2, -0.15) is 5.26 Å². The van der Waals surface area contributed by atoms with Crippen molar-refractivity contribution in [2.24, 2.45) is 5.92 Å². The van der Waals surface area contributed by atoms with Gasteiger partial charge in [0.25, 0.3) is 0 Å². The van der Waals surface area contributed by atoms with Crippen LogP contribution in [0.3, 0.4) is 0 Å². The molecule has 0 saturated carbocycles. The molecule has 3 rings (SSSR count). The van der Waals surface area contributed by atoms with Crippen LogP contribution in [0.15, 0.2) is 24.3 Å². The van der Waals surface area contributed by atoms with Gasteiger partial charge < -0.3 is 15.0 Å². The van der Waals surface area contributed by atoms with Crippen molar-refractivity contribution >= 4 is 17.0 Å². The normalized spacial score (nSPS) is 20.4. The highest BCUT2D eigenvalue weighted by Crippen LogP contribution is 2.27. The highest BCUT2D eigenvalue weighted by Gasteiger charge is 2.32. The molecule has 1 fully saturated rings. The third kappa shape index (κ3) is 3.53. The Morgan fingerprint density at radius 3 is 3.00 bits per heavy atom. The van der Waals surface area contributed by atoms with Crippen molar-refractivity contribution in [1.29, 1.82) is 5.26 Å². The summed E-state index contributed by atoms with van der Waals surface area (Å²) in [6.07, 6.45) is 3.15. The van der Waals surface area contributed by atoms with E-state index in [0.29, 0.717) is 18.9 Å². The average molecular weight is 325 g/mol. The molecule has 1 aliphatic heterocycles. The zero-order valence-corrected chi connectivity index (χ0v) is 14.0. The van der Waals surface area contributed by atoms with Gasteiger partial charge in [-0.15, -0.1) is 0 Å². The van der Waals surface area contributed by atoms with Gasteiger partial charge in [-0.3, -0.25) is 0 Å². The number of nitrogens with zero attached hydrogens (tertiary/aromatic N) is 2.